The number of carbonyl (C=O) groups is 3. The molecule has 10 heteroatoms. The summed E-state index contributed by atoms with van der Waals surface area (Å²) in [6.07, 6.45) is 1.02. The lowest BCUT2D eigenvalue weighted by Crippen LogP contribution is -2.51. The number of rotatable bonds is 14. The number of benzene rings is 2. The lowest BCUT2D eigenvalue weighted by Gasteiger charge is -2.32. The number of hydrogen-bond donors (Lipinski definition) is 2. The van der Waals surface area contributed by atoms with Crippen molar-refractivity contribution in [3.05, 3.63) is 71.8 Å². The van der Waals surface area contributed by atoms with Gasteiger partial charge in [-0.15, -0.1) is 0 Å². The highest BCUT2D eigenvalue weighted by Crippen LogP contribution is 2.26. The van der Waals surface area contributed by atoms with Gasteiger partial charge in [0.15, 0.2) is 0 Å². The van der Waals surface area contributed by atoms with E-state index in [1.807, 2.05) is 60.7 Å². The quantitative estimate of drug-likeness (QED) is 0.361. The van der Waals surface area contributed by atoms with E-state index < -0.39 is 34.1 Å². The van der Waals surface area contributed by atoms with Crippen molar-refractivity contribution in [2.45, 2.75) is 58.2 Å². The molecule has 1 aliphatic rings. The Balaban J connectivity index is 1.86. The van der Waals surface area contributed by atoms with E-state index in [9.17, 15) is 22.8 Å². The smallest absolute Gasteiger partial charge is 0.243 e. The maximum Gasteiger partial charge on any atom is 0.243 e. The van der Waals surface area contributed by atoms with Crippen LogP contribution in [0.2, 0.25) is 0 Å². The van der Waals surface area contributed by atoms with Crippen LogP contribution in [-0.2, 0) is 24.4 Å². The number of likely N-dealkylation sites (tertiary alicyclic amines) is 1. The van der Waals surface area contributed by atoms with Crippen LogP contribution in [0.25, 0.3) is 0 Å². The van der Waals surface area contributed by atoms with Gasteiger partial charge in [-0.25, -0.2) is 12.7 Å². The molecular formula is C30H42N4O5S. The highest BCUT2D eigenvalue weighted by molar-refractivity contribution is 7.89. The van der Waals surface area contributed by atoms with Crippen LogP contribution in [0, 0.1) is 5.92 Å². The molecule has 0 aromatic heterocycles. The second-order valence-corrected chi connectivity index (χ2v) is 12.4. The Bertz CT molecular complexity index is 1200. The standard InChI is InChI=1S/C30H42N4O5S/c1-5-33(40(38,39)6-2)21-25(20-27(35)22(3)31-4)30(37)34-19-13-18-26(34)29(36)32-28(23-14-9-7-10-15-23)24-16-11-8-12-17-24/h7-12,14-17,22,25-26,28,31H,5-6,13,18-21H2,1-4H3,(H,32,36). The fraction of sp³-hybridized carbons (Fsp3) is 0.500. The minimum atomic E-state index is -3.57. The van der Waals surface area contributed by atoms with Gasteiger partial charge in [0.1, 0.15) is 11.8 Å². The van der Waals surface area contributed by atoms with Gasteiger partial charge in [-0.05, 0) is 44.9 Å². The molecule has 40 heavy (non-hydrogen) atoms. The van der Waals surface area contributed by atoms with Gasteiger partial charge in [0, 0.05) is 26.1 Å². The topological polar surface area (TPSA) is 116 Å². The number of sulfonamides is 1. The molecule has 3 rings (SSSR count). The SMILES string of the molecule is CCN(CC(CC(=O)C(C)NC)C(=O)N1CCCC1C(=O)NC(c1ccccc1)c1ccccc1)S(=O)(=O)CC. The third-order valence-electron chi connectivity index (χ3n) is 7.64. The third kappa shape index (κ3) is 7.77. The summed E-state index contributed by atoms with van der Waals surface area (Å²) in [6, 6.07) is 17.7. The second-order valence-electron chi connectivity index (χ2n) is 10.2. The molecule has 0 aliphatic carbocycles. The van der Waals surface area contributed by atoms with Crippen molar-refractivity contribution in [1.29, 1.82) is 0 Å². The highest BCUT2D eigenvalue weighted by atomic mass is 32.2. The lowest BCUT2D eigenvalue weighted by atomic mass is 9.96. The Hall–Kier alpha value is -3.08. The molecule has 0 spiro atoms. The summed E-state index contributed by atoms with van der Waals surface area (Å²) in [4.78, 5) is 42.1. The van der Waals surface area contributed by atoms with E-state index in [1.54, 1.807) is 27.8 Å². The molecule has 0 bridgehead atoms. The average molecular weight is 571 g/mol. The van der Waals surface area contributed by atoms with Gasteiger partial charge in [-0.2, -0.15) is 0 Å². The van der Waals surface area contributed by atoms with Crippen molar-refractivity contribution in [2.75, 3.05) is 32.4 Å². The van der Waals surface area contributed by atoms with E-state index >= 15 is 0 Å². The monoisotopic (exact) mass is 570 g/mol. The number of nitrogens with zero attached hydrogens (tertiary/aromatic N) is 2. The number of ketones is 1. The molecular weight excluding hydrogens is 528 g/mol. The van der Waals surface area contributed by atoms with Crippen LogP contribution < -0.4 is 10.6 Å². The number of Topliss-reactive ketones (excluding diaryl/α,β-unsaturated/α-hetero) is 1. The molecule has 1 heterocycles. The first-order valence-electron chi connectivity index (χ1n) is 14.0. The van der Waals surface area contributed by atoms with Crippen LogP contribution in [0.3, 0.4) is 0 Å². The summed E-state index contributed by atoms with van der Waals surface area (Å²) in [5.74, 6) is -1.81. The molecule has 1 saturated heterocycles. The Kier molecular flexibility index (Phi) is 11.4. The molecule has 3 unspecified atom stereocenters. The largest absolute Gasteiger partial charge is 0.343 e. The summed E-state index contributed by atoms with van der Waals surface area (Å²) in [5.41, 5.74) is 1.84. The minimum absolute atomic E-state index is 0.0995. The molecule has 0 saturated carbocycles. The van der Waals surface area contributed by atoms with Gasteiger partial charge in [0.2, 0.25) is 21.8 Å². The van der Waals surface area contributed by atoms with E-state index in [1.165, 1.54) is 9.21 Å². The van der Waals surface area contributed by atoms with E-state index in [0.717, 1.165) is 11.1 Å². The Morgan fingerprint density at radius 2 is 1.57 bits per heavy atom. The summed E-state index contributed by atoms with van der Waals surface area (Å²) in [6.45, 7) is 5.44. The number of amides is 2. The molecule has 2 aromatic rings. The van der Waals surface area contributed by atoms with Gasteiger partial charge >= 0.3 is 0 Å². The normalized spacial score (nSPS) is 17.1. The average Bonchev–Trinajstić information content (AvgIpc) is 3.48. The Morgan fingerprint density at radius 1 is 1.00 bits per heavy atom. The fourth-order valence-corrected chi connectivity index (χ4v) is 6.27. The zero-order valence-electron chi connectivity index (χ0n) is 23.9. The highest BCUT2D eigenvalue weighted by Gasteiger charge is 2.40. The maximum absolute atomic E-state index is 14.0. The molecule has 218 valence electrons. The summed E-state index contributed by atoms with van der Waals surface area (Å²) >= 11 is 0. The molecule has 9 nitrogen and oxygen atoms in total. The van der Waals surface area contributed by atoms with E-state index in [2.05, 4.69) is 10.6 Å². The molecule has 1 aliphatic heterocycles. The first-order chi connectivity index (χ1) is 19.1. The van der Waals surface area contributed by atoms with Crippen LogP contribution in [0.15, 0.2) is 60.7 Å². The first-order valence-corrected chi connectivity index (χ1v) is 15.6. The fourth-order valence-electron chi connectivity index (χ4n) is 5.10. The Labute approximate surface area is 238 Å². The van der Waals surface area contributed by atoms with Crippen LogP contribution in [0.5, 0.6) is 0 Å². The molecule has 0 radical (unpaired) electrons. The van der Waals surface area contributed by atoms with E-state index in [-0.39, 0.29) is 42.9 Å². The molecule has 2 aromatic carbocycles. The number of likely N-dealkylation sites (N-methyl/N-ethyl adjacent to an activating group) is 1. The van der Waals surface area contributed by atoms with Crippen molar-refractivity contribution >= 4 is 27.6 Å². The van der Waals surface area contributed by atoms with Crippen molar-refractivity contribution in [3.63, 3.8) is 0 Å². The van der Waals surface area contributed by atoms with Crippen molar-refractivity contribution in [1.82, 2.24) is 19.8 Å². The predicted molar refractivity (Wildman–Crippen MR) is 156 cm³/mol. The molecule has 1 fully saturated rings. The Morgan fingerprint density at radius 3 is 2.08 bits per heavy atom. The lowest BCUT2D eigenvalue weighted by molar-refractivity contribution is -0.143. The molecule has 2 N–H and O–H groups in total. The van der Waals surface area contributed by atoms with Crippen LogP contribution in [0.1, 0.15) is 57.2 Å². The minimum Gasteiger partial charge on any atom is -0.343 e. The zero-order valence-corrected chi connectivity index (χ0v) is 24.7. The summed E-state index contributed by atoms with van der Waals surface area (Å²) in [7, 11) is -1.91. The van der Waals surface area contributed by atoms with Gasteiger partial charge in [-0.1, -0.05) is 67.6 Å². The third-order valence-corrected chi connectivity index (χ3v) is 9.56. The van der Waals surface area contributed by atoms with Gasteiger partial charge < -0.3 is 15.5 Å². The maximum atomic E-state index is 14.0. The summed E-state index contributed by atoms with van der Waals surface area (Å²) < 4.78 is 26.6. The van der Waals surface area contributed by atoms with E-state index in [0.29, 0.717) is 19.4 Å². The van der Waals surface area contributed by atoms with Crippen molar-refractivity contribution in [3.8, 4) is 0 Å². The second kappa shape index (κ2) is 14.5. The van der Waals surface area contributed by atoms with Crippen LogP contribution in [-0.4, -0.2) is 79.7 Å². The molecule has 2 amide bonds. The van der Waals surface area contributed by atoms with Gasteiger partial charge in [-0.3, -0.25) is 14.4 Å². The number of hydrogen-bond acceptors (Lipinski definition) is 6. The van der Waals surface area contributed by atoms with Crippen molar-refractivity contribution < 1.29 is 22.8 Å². The number of carbonyl (C=O) groups excluding carboxylic acids is 3. The van der Waals surface area contributed by atoms with E-state index in [4.69, 9.17) is 0 Å². The first kappa shape index (κ1) is 31.4. The van der Waals surface area contributed by atoms with Crippen LogP contribution in [0.4, 0.5) is 0 Å². The van der Waals surface area contributed by atoms with Gasteiger partial charge in [0.25, 0.3) is 0 Å². The summed E-state index contributed by atoms with van der Waals surface area (Å²) in [5, 5.41) is 6.05. The van der Waals surface area contributed by atoms with Crippen molar-refractivity contribution in [2.24, 2.45) is 5.92 Å². The van der Waals surface area contributed by atoms with Gasteiger partial charge in [0.05, 0.1) is 23.8 Å². The predicted octanol–water partition coefficient (Wildman–Crippen LogP) is 2.74. The number of nitrogens with one attached hydrogen (secondary N) is 2. The molecule has 3 atom stereocenters. The van der Waals surface area contributed by atoms with Crippen LogP contribution >= 0.6 is 0 Å². The zero-order chi connectivity index (χ0) is 29.3.